The van der Waals surface area contributed by atoms with E-state index in [-0.39, 0.29) is 23.1 Å². The monoisotopic (exact) mass is 545 g/mol. The van der Waals surface area contributed by atoms with Crippen LogP contribution in [0.2, 0.25) is 0 Å². The lowest BCUT2D eigenvalue weighted by atomic mass is 9.60. The van der Waals surface area contributed by atoms with Crippen molar-refractivity contribution in [2.45, 2.75) is 44.8 Å². The van der Waals surface area contributed by atoms with Crippen LogP contribution in [0.3, 0.4) is 0 Å². The number of carbonyl (C=O) groups excluding carboxylic acids is 1. The maximum atomic E-state index is 13.4. The lowest BCUT2D eigenvalue weighted by Gasteiger charge is -2.52. The van der Waals surface area contributed by atoms with E-state index in [0.717, 1.165) is 50.7 Å². The minimum absolute atomic E-state index is 0.00553. The number of carbonyl (C=O) groups is 1. The number of allylic oxidation sites excluding steroid dienone is 1. The normalized spacial score (nSPS) is 18.0. The molecule has 1 amide bonds. The number of hydrogen-bond acceptors (Lipinski definition) is 8. The summed E-state index contributed by atoms with van der Waals surface area (Å²) in [5.41, 5.74) is 9.81. The lowest BCUT2D eigenvalue weighted by Crippen LogP contribution is -2.54. The number of halogens is 1. The van der Waals surface area contributed by atoms with Crippen molar-refractivity contribution in [2.75, 3.05) is 19.7 Å². The molecule has 2 aliphatic rings. The molecule has 0 radical (unpaired) electrons. The second-order valence-corrected chi connectivity index (χ2v) is 10.6. The maximum absolute atomic E-state index is 13.4. The second kappa shape index (κ2) is 11.0. The molecule has 1 saturated carbocycles. The number of aliphatic hydroxyl groups excluding tert-OH is 1. The van der Waals surface area contributed by atoms with Gasteiger partial charge in [-0.15, -0.1) is 0 Å². The van der Waals surface area contributed by atoms with E-state index in [0.29, 0.717) is 28.0 Å². The van der Waals surface area contributed by atoms with Crippen LogP contribution in [0.4, 0.5) is 4.39 Å². The van der Waals surface area contributed by atoms with Crippen LogP contribution < -0.4 is 15.8 Å². The molecule has 1 spiro atoms. The number of piperidine rings is 1. The highest BCUT2D eigenvalue weighted by atomic mass is 19.1. The predicted molar refractivity (Wildman–Crippen MR) is 146 cm³/mol. The van der Waals surface area contributed by atoms with Gasteiger partial charge < -0.3 is 25.8 Å². The van der Waals surface area contributed by atoms with Crippen molar-refractivity contribution in [1.29, 1.82) is 5.26 Å². The predicted octanol–water partition coefficient (Wildman–Crippen LogP) is 3.05. The van der Waals surface area contributed by atoms with Crippen LogP contribution in [0.5, 0.6) is 5.75 Å². The molecule has 5 rings (SSSR count). The first kappa shape index (κ1) is 27.1. The number of pyridine rings is 2. The van der Waals surface area contributed by atoms with E-state index in [1.807, 2.05) is 11.8 Å². The van der Waals surface area contributed by atoms with Gasteiger partial charge in [0.2, 0.25) is 5.91 Å². The summed E-state index contributed by atoms with van der Waals surface area (Å²) in [4.78, 5) is 17.8. The van der Waals surface area contributed by atoms with Crippen molar-refractivity contribution in [3.05, 3.63) is 77.8 Å². The van der Waals surface area contributed by atoms with Gasteiger partial charge in [0.15, 0.2) is 6.10 Å². The van der Waals surface area contributed by atoms with Crippen molar-refractivity contribution in [2.24, 2.45) is 11.1 Å². The third-order valence-corrected chi connectivity index (χ3v) is 8.02. The standard InChI is InChI=1S/C29H32FN7O3/c1-3-26(39)36-8-6-29(7-9-36)11-22(12-29)35-18(2)27(32)19-10-24(28-20(13-31)14-34-37(28)16-19)40-25(17-38)23-5-4-21(30)15-33-23/h3-5,10,14-16,22,25,35,38H,1,6-9,11-12,17,32H2,2H3/b27-18-. The second-order valence-electron chi connectivity index (χ2n) is 10.6. The number of amides is 1. The summed E-state index contributed by atoms with van der Waals surface area (Å²) in [6.45, 7) is 6.60. The van der Waals surface area contributed by atoms with Gasteiger partial charge in [-0.1, -0.05) is 6.58 Å². The van der Waals surface area contributed by atoms with Gasteiger partial charge in [0, 0.05) is 36.6 Å². The highest BCUT2D eigenvalue weighted by Crippen LogP contribution is 2.49. The van der Waals surface area contributed by atoms with Crippen LogP contribution in [-0.4, -0.2) is 56.2 Å². The van der Waals surface area contributed by atoms with Gasteiger partial charge in [-0.2, -0.15) is 10.4 Å². The van der Waals surface area contributed by atoms with E-state index in [4.69, 9.17) is 10.5 Å². The summed E-state index contributed by atoms with van der Waals surface area (Å²) in [6, 6.07) is 6.77. The molecule has 2 fully saturated rings. The van der Waals surface area contributed by atoms with Gasteiger partial charge in [0.05, 0.1) is 30.4 Å². The highest BCUT2D eigenvalue weighted by Gasteiger charge is 2.46. The number of aromatic nitrogens is 3. The number of fused-ring (bicyclic) bond motifs is 1. The van der Waals surface area contributed by atoms with E-state index in [2.05, 4.69) is 28.0 Å². The van der Waals surface area contributed by atoms with Gasteiger partial charge in [-0.05, 0) is 62.3 Å². The van der Waals surface area contributed by atoms with Crippen molar-refractivity contribution in [3.8, 4) is 11.8 Å². The summed E-state index contributed by atoms with van der Waals surface area (Å²) in [5, 5.41) is 27.5. The van der Waals surface area contributed by atoms with Gasteiger partial charge in [-0.25, -0.2) is 8.91 Å². The zero-order chi connectivity index (χ0) is 28.4. The average Bonchev–Trinajstić information content (AvgIpc) is 3.38. The van der Waals surface area contributed by atoms with Gasteiger partial charge in [0.1, 0.15) is 28.7 Å². The molecule has 40 heavy (non-hydrogen) atoms. The molecule has 3 aromatic heterocycles. The smallest absolute Gasteiger partial charge is 0.245 e. The summed E-state index contributed by atoms with van der Waals surface area (Å²) in [6.07, 6.45) is 8.67. The third-order valence-electron chi connectivity index (χ3n) is 8.02. The molecule has 1 saturated heterocycles. The highest BCUT2D eigenvalue weighted by molar-refractivity contribution is 5.87. The minimum Gasteiger partial charge on any atom is -0.479 e. The fourth-order valence-electron chi connectivity index (χ4n) is 5.75. The van der Waals surface area contributed by atoms with E-state index in [9.17, 15) is 19.6 Å². The fourth-order valence-corrected chi connectivity index (χ4v) is 5.75. The van der Waals surface area contributed by atoms with Crippen LogP contribution in [0.15, 0.2) is 55.1 Å². The van der Waals surface area contributed by atoms with Crippen LogP contribution in [-0.2, 0) is 4.79 Å². The Labute approximate surface area is 231 Å². The van der Waals surface area contributed by atoms with E-state index in [1.165, 1.54) is 28.9 Å². The average molecular weight is 546 g/mol. The van der Waals surface area contributed by atoms with Crippen LogP contribution in [0, 0.1) is 22.6 Å². The molecule has 4 heterocycles. The summed E-state index contributed by atoms with van der Waals surface area (Å²) >= 11 is 0. The van der Waals surface area contributed by atoms with Gasteiger partial charge in [-0.3, -0.25) is 9.78 Å². The Bertz CT molecular complexity index is 1490. The number of hydrogen-bond donors (Lipinski definition) is 3. The maximum Gasteiger partial charge on any atom is 0.245 e. The number of nitrogens with two attached hydrogens (primary N) is 1. The molecule has 0 aromatic carbocycles. The summed E-state index contributed by atoms with van der Waals surface area (Å²) in [5.74, 6) is -0.219. The number of nitriles is 1. The van der Waals surface area contributed by atoms with Crippen LogP contribution >= 0.6 is 0 Å². The Hall–Kier alpha value is -4.43. The number of likely N-dealkylation sites (tertiary alicyclic amines) is 1. The molecular formula is C29H32FN7O3. The first-order valence-corrected chi connectivity index (χ1v) is 13.2. The minimum atomic E-state index is -0.898. The number of nitrogens with one attached hydrogen (secondary N) is 1. The van der Waals surface area contributed by atoms with Crippen molar-refractivity contribution in [3.63, 3.8) is 0 Å². The van der Waals surface area contributed by atoms with Crippen molar-refractivity contribution >= 4 is 17.1 Å². The molecule has 11 heteroatoms. The lowest BCUT2D eigenvalue weighted by molar-refractivity contribution is -0.129. The molecule has 4 N–H and O–H groups in total. The van der Waals surface area contributed by atoms with Crippen molar-refractivity contribution < 1.29 is 19.0 Å². The van der Waals surface area contributed by atoms with Crippen LogP contribution in [0.25, 0.3) is 11.2 Å². The van der Waals surface area contributed by atoms with E-state index < -0.39 is 18.5 Å². The third kappa shape index (κ3) is 5.22. The number of aliphatic hydroxyl groups is 1. The topological polar surface area (TPSA) is 142 Å². The van der Waals surface area contributed by atoms with E-state index >= 15 is 0 Å². The molecule has 0 bridgehead atoms. The summed E-state index contributed by atoms with van der Waals surface area (Å²) < 4.78 is 21.0. The van der Waals surface area contributed by atoms with Gasteiger partial charge >= 0.3 is 0 Å². The molecule has 1 unspecified atom stereocenters. The van der Waals surface area contributed by atoms with Crippen LogP contribution in [0.1, 0.15) is 55.5 Å². The first-order valence-electron chi connectivity index (χ1n) is 13.2. The quantitative estimate of drug-likeness (QED) is 0.367. The molecule has 10 nitrogen and oxygen atoms in total. The number of rotatable bonds is 8. The Morgan fingerprint density at radius 1 is 1.40 bits per heavy atom. The number of ether oxygens (including phenoxy) is 1. The molecule has 1 atom stereocenters. The fraction of sp³-hybridized carbons (Fsp3) is 0.379. The number of nitrogens with zero attached hydrogens (tertiary/aromatic N) is 5. The van der Waals surface area contributed by atoms with E-state index in [1.54, 1.807) is 12.3 Å². The largest absolute Gasteiger partial charge is 0.479 e. The summed E-state index contributed by atoms with van der Waals surface area (Å²) in [7, 11) is 0. The zero-order valence-electron chi connectivity index (χ0n) is 22.3. The first-order chi connectivity index (χ1) is 19.3. The molecule has 1 aliphatic heterocycles. The Morgan fingerprint density at radius 3 is 2.77 bits per heavy atom. The molecule has 208 valence electrons. The SMILES string of the molecule is C=CC(=O)N1CCC2(CC1)CC(N/C(C)=C(\N)c1cc(OC(CO)c3ccc(F)cn3)c3c(C#N)cnn3c1)C2. The Balaban J connectivity index is 1.34. The van der Waals surface area contributed by atoms with Gasteiger partial charge in [0.25, 0.3) is 0 Å². The zero-order valence-corrected chi connectivity index (χ0v) is 22.3. The molecular weight excluding hydrogens is 513 g/mol. The molecule has 1 aliphatic carbocycles. The molecule has 3 aromatic rings. The van der Waals surface area contributed by atoms with Crippen molar-refractivity contribution in [1.82, 2.24) is 24.8 Å². The Morgan fingerprint density at radius 2 is 2.15 bits per heavy atom. The Kier molecular flexibility index (Phi) is 7.45.